The summed E-state index contributed by atoms with van der Waals surface area (Å²) < 4.78 is 5.65. The number of benzene rings is 2. The summed E-state index contributed by atoms with van der Waals surface area (Å²) in [6.45, 7) is 5.31. The van der Waals surface area contributed by atoms with Crippen molar-refractivity contribution in [2.75, 3.05) is 13.2 Å². The molecule has 2 N–H and O–H groups in total. The molecule has 1 fully saturated rings. The van der Waals surface area contributed by atoms with Crippen molar-refractivity contribution in [1.29, 1.82) is 0 Å². The molecule has 2 amide bonds. The largest absolute Gasteiger partial charge is 0.480 e. The van der Waals surface area contributed by atoms with Gasteiger partial charge in [0.05, 0.1) is 5.92 Å². The molecule has 7 nitrogen and oxygen atoms in total. The smallest absolute Gasteiger partial charge is 0.407 e. The highest BCUT2D eigenvalue weighted by Gasteiger charge is 2.43. The fourth-order valence-corrected chi connectivity index (χ4v) is 5.36. The number of carbonyl (C=O) groups is 3. The third kappa shape index (κ3) is 4.27. The molecule has 2 aromatic rings. The highest BCUT2D eigenvalue weighted by atomic mass is 16.5. The van der Waals surface area contributed by atoms with Crippen molar-refractivity contribution in [3.63, 3.8) is 0 Å². The maximum Gasteiger partial charge on any atom is 0.407 e. The summed E-state index contributed by atoms with van der Waals surface area (Å²) in [4.78, 5) is 39.1. The van der Waals surface area contributed by atoms with E-state index in [4.69, 9.17) is 4.74 Å². The summed E-state index contributed by atoms with van der Waals surface area (Å²) >= 11 is 0. The Bertz CT molecular complexity index is 1050. The number of fused-ring (bicyclic) bond motifs is 3. The maximum absolute atomic E-state index is 13.2. The quantitative estimate of drug-likeness (QED) is 0.633. The van der Waals surface area contributed by atoms with Gasteiger partial charge in [-0.3, -0.25) is 4.79 Å². The number of ether oxygens (including phenoxy) is 1. The van der Waals surface area contributed by atoms with Gasteiger partial charge in [-0.2, -0.15) is 0 Å². The van der Waals surface area contributed by atoms with Gasteiger partial charge in [-0.15, -0.1) is 0 Å². The number of aliphatic carboxylic acids is 1. The molecule has 0 saturated heterocycles. The lowest BCUT2D eigenvalue weighted by atomic mass is 9.96. The number of nitrogens with zero attached hydrogens (tertiary/aromatic N) is 1. The van der Waals surface area contributed by atoms with E-state index in [1.807, 2.05) is 24.3 Å². The number of rotatable bonds is 7. The number of carboxylic acids is 1. The van der Waals surface area contributed by atoms with Crippen LogP contribution in [0.25, 0.3) is 11.1 Å². The molecule has 2 aliphatic carbocycles. The summed E-state index contributed by atoms with van der Waals surface area (Å²) in [6, 6.07) is 15.9. The van der Waals surface area contributed by atoms with Gasteiger partial charge in [-0.1, -0.05) is 55.0 Å². The number of hydrogen-bond acceptors (Lipinski definition) is 4. The molecule has 0 aromatic heterocycles. The zero-order chi connectivity index (χ0) is 24.5. The van der Waals surface area contributed by atoms with Crippen molar-refractivity contribution in [3.8, 4) is 11.1 Å². The van der Waals surface area contributed by atoms with Crippen LogP contribution in [0.3, 0.4) is 0 Å². The van der Waals surface area contributed by atoms with Crippen molar-refractivity contribution >= 4 is 18.0 Å². The minimum absolute atomic E-state index is 0.0360. The number of carboxylic acid groups (broad SMARTS) is 1. The number of nitrogens with one attached hydrogen (secondary N) is 1. The third-order valence-electron chi connectivity index (χ3n) is 7.26. The lowest BCUT2D eigenvalue weighted by Gasteiger charge is -2.37. The predicted molar refractivity (Wildman–Crippen MR) is 128 cm³/mol. The van der Waals surface area contributed by atoms with Crippen LogP contribution in [0.5, 0.6) is 0 Å². The first-order valence-corrected chi connectivity index (χ1v) is 11.9. The number of amides is 2. The molecule has 180 valence electrons. The zero-order valence-electron chi connectivity index (χ0n) is 19.9. The molecule has 4 rings (SSSR count). The molecule has 0 radical (unpaired) electrons. The van der Waals surface area contributed by atoms with Crippen LogP contribution >= 0.6 is 0 Å². The average molecular weight is 465 g/mol. The van der Waals surface area contributed by atoms with Gasteiger partial charge in [-0.25, -0.2) is 9.59 Å². The van der Waals surface area contributed by atoms with Crippen LogP contribution in [-0.4, -0.2) is 52.7 Å². The lowest BCUT2D eigenvalue weighted by molar-refractivity contribution is -0.158. The Morgan fingerprint density at radius 2 is 1.62 bits per heavy atom. The first-order valence-electron chi connectivity index (χ1n) is 11.9. The first-order chi connectivity index (χ1) is 16.3. The van der Waals surface area contributed by atoms with Gasteiger partial charge in [0.15, 0.2) is 0 Å². The molecule has 0 bridgehead atoms. The zero-order valence-corrected chi connectivity index (χ0v) is 19.9. The Kier molecular flexibility index (Phi) is 6.64. The maximum atomic E-state index is 13.2. The van der Waals surface area contributed by atoms with E-state index < -0.39 is 23.5 Å². The van der Waals surface area contributed by atoms with Crippen molar-refractivity contribution in [1.82, 2.24) is 10.2 Å². The number of alkyl carbamates (subject to hydrolysis) is 1. The highest BCUT2D eigenvalue weighted by Crippen LogP contribution is 2.44. The van der Waals surface area contributed by atoms with E-state index in [1.54, 1.807) is 6.92 Å². The van der Waals surface area contributed by atoms with Crippen molar-refractivity contribution in [2.24, 2.45) is 5.92 Å². The minimum Gasteiger partial charge on any atom is -0.480 e. The molecule has 2 aromatic carbocycles. The van der Waals surface area contributed by atoms with Gasteiger partial charge in [0.25, 0.3) is 0 Å². The van der Waals surface area contributed by atoms with Crippen LogP contribution in [-0.2, 0) is 14.3 Å². The molecular formula is C27H32N2O5. The van der Waals surface area contributed by atoms with Gasteiger partial charge in [0.2, 0.25) is 5.91 Å². The molecule has 0 spiro atoms. The molecule has 34 heavy (non-hydrogen) atoms. The second-order valence-electron chi connectivity index (χ2n) is 9.56. The van der Waals surface area contributed by atoms with Crippen LogP contribution in [0.15, 0.2) is 48.5 Å². The Morgan fingerprint density at radius 1 is 1.03 bits per heavy atom. The summed E-state index contributed by atoms with van der Waals surface area (Å²) in [7, 11) is 0. The van der Waals surface area contributed by atoms with Crippen LogP contribution in [0.1, 0.15) is 57.1 Å². The topological polar surface area (TPSA) is 95.9 Å². The highest BCUT2D eigenvalue weighted by molar-refractivity contribution is 5.88. The summed E-state index contributed by atoms with van der Waals surface area (Å²) in [5.41, 5.74) is 3.28. The van der Waals surface area contributed by atoms with E-state index >= 15 is 0 Å². The van der Waals surface area contributed by atoms with Gasteiger partial charge < -0.3 is 20.1 Å². The molecule has 2 unspecified atom stereocenters. The van der Waals surface area contributed by atoms with Crippen molar-refractivity contribution in [2.45, 2.75) is 57.5 Å². The Labute approximate surface area is 200 Å². The van der Waals surface area contributed by atoms with E-state index in [1.165, 1.54) is 18.7 Å². The third-order valence-corrected chi connectivity index (χ3v) is 7.26. The fourth-order valence-electron chi connectivity index (χ4n) is 5.36. The molecule has 7 heteroatoms. The Hall–Kier alpha value is -3.35. The second-order valence-corrected chi connectivity index (χ2v) is 9.56. The van der Waals surface area contributed by atoms with Gasteiger partial charge in [0, 0.05) is 18.5 Å². The summed E-state index contributed by atoms with van der Waals surface area (Å²) in [5, 5.41) is 12.5. The molecule has 0 aliphatic heterocycles. The van der Waals surface area contributed by atoms with E-state index in [-0.39, 0.29) is 31.0 Å². The van der Waals surface area contributed by atoms with E-state index in [2.05, 4.69) is 29.6 Å². The molecule has 2 aliphatic rings. The Morgan fingerprint density at radius 3 is 2.18 bits per heavy atom. The van der Waals surface area contributed by atoms with Crippen molar-refractivity contribution in [3.05, 3.63) is 59.7 Å². The number of carbonyl (C=O) groups excluding carboxylic acids is 2. The van der Waals surface area contributed by atoms with Crippen LogP contribution in [0.4, 0.5) is 4.79 Å². The van der Waals surface area contributed by atoms with Gasteiger partial charge in [-0.05, 0) is 55.9 Å². The summed E-state index contributed by atoms with van der Waals surface area (Å²) in [6.07, 6.45) is 1.51. The monoisotopic (exact) mass is 464 g/mol. The van der Waals surface area contributed by atoms with Crippen LogP contribution < -0.4 is 5.32 Å². The minimum atomic E-state index is -1.32. The number of likely N-dealkylation sites (N-methyl/N-ethyl adjacent to an activating group) is 1. The summed E-state index contributed by atoms with van der Waals surface area (Å²) in [5.74, 6) is -1.79. The fraction of sp³-hybridized carbons (Fsp3) is 0.444. The van der Waals surface area contributed by atoms with Gasteiger partial charge in [0.1, 0.15) is 12.1 Å². The van der Waals surface area contributed by atoms with E-state index in [9.17, 15) is 19.5 Å². The SMILES string of the molecule is CCN(C(=O)C1CCCC1NC(=O)OCC1c2ccccc2-c2ccccc21)C(C)(C)C(=O)O. The molecule has 1 saturated carbocycles. The molecule has 2 atom stereocenters. The van der Waals surface area contributed by atoms with E-state index in [0.29, 0.717) is 12.8 Å². The second kappa shape index (κ2) is 9.49. The number of hydrogen-bond donors (Lipinski definition) is 2. The molecule has 0 heterocycles. The van der Waals surface area contributed by atoms with Gasteiger partial charge >= 0.3 is 12.1 Å². The van der Waals surface area contributed by atoms with Crippen LogP contribution in [0, 0.1) is 5.92 Å². The lowest BCUT2D eigenvalue weighted by Crippen LogP contribution is -2.56. The first kappa shape index (κ1) is 23.8. The average Bonchev–Trinajstić information content (AvgIpc) is 3.40. The predicted octanol–water partition coefficient (Wildman–Crippen LogP) is 4.41. The molecular weight excluding hydrogens is 432 g/mol. The van der Waals surface area contributed by atoms with E-state index in [0.717, 1.165) is 28.7 Å². The standard InChI is InChI=1S/C27H32N2O5/c1-4-29(27(2,3)25(31)32)24(30)21-14-9-15-23(21)28-26(33)34-16-22-19-12-7-5-10-17(19)18-11-6-8-13-20(18)22/h5-8,10-13,21-23H,4,9,14-16H2,1-3H3,(H,28,33)(H,31,32). The van der Waals surface area contributed by atoms with Crippen LogP contribution in [0.2, 0.25) is 0 Å². The normalized spacial score (nSPS) is 19.3. The Balaban J connectivity index is 1.41. The van der Waals surface area contributed by atoms with Crippen molar-refractivity contribution < 1.29 is 24.2 Å².